The smallest absolute Gasteiger partial charge is 0.144 e. The van der Waals surface area contributed by atoms with E-state index in [1.165, 1.54) is 0 Å². The summed E-state index contributed by atoms with van der Waals surface area (Å²) in [4.78, 5) is 8.16. The minimum atomic E-state index is 0.109. The van der Waals surface area contributed by atoms with Crippen LogP contribution in [0.1, 0.15) is 18.5 Å². The molecule has 2 rings (SSSR count). The molecule has 0 spiro atoms. The fraction of sp³-hybridized carbons (Fsp3) is 0.167. The van der Waals surface area contributed by atoms with Crippen molar-refractivity contribution in [3.05, 3.63) is 48.4 Å². The first-order valence-electron chi connectivity index (χ1n) is 5.14. The highest BCUT2D eigenvalue weighted by molar-refractivity contribution is 5.50. The highest BCUT2D eigenvalue weighted by Crippen LogP contribution is 2.22. The molecular formula is C12H14N4. The van der Waals surface area contributed by atoms with Crippen LogP contribution < -0.4 is 11.1 Å². The molecule has 82 valence electrons. The first-order valence-corrected chi connectivity index (χ1v) is 5.14. The van der Waals surface area contributed by atoms with Crippen LogP contribution in [-0.4, -0.2) is 9.97 Å². The van der Waals surface area contributed by atoms with Crippen LogP contribution in [0.4, 0.5) is 11.5 Å². The van der Waals surface area contributed by atoms with Crippen molar-refractivity contribution in [1.82, 2.24) is 9.97 Å². The third-order valence-corrected chi connectivity index (χ3v) is 2.39. The number of anilines is 2. The molecule has 1 heterocycles. The largest absolute Gasteiger partial charge is 0.398 e. The first kappa shape index (κ1) is 10.4. The quantitative estimate of drug-likeness (QED) is 0.769. The highest BCUT2D eigenvalue weighted by atomic mass is 15.0. The Labute approximate surface area is 94.5 Å². The Hall–Kier alpha value is -2.10. The van der Waals surface area contributed by atoms with Gasteiger partial charge in [0.2, 0.25) is 0 Å². The Morgan fingerprint density at radius 3 is 2.75 bits per heavy atom. The standard InChI is InChI=1S/C12H14N4/c1-9(10-4-2-3-5-11(10)13)16-12-8-14-6-7-15-12/h2-9H,13H2,1H3,(H,15,16). The van der Waals surface area contributed by atoms with E-state index in [0.717, 1.165) is 17.1 Å². The van der Waals surface area contributed by atoms with Crippen LogP contribution in [0.3, 0.4) is 0 Å². The number of benzene rings is 1. The molecule has 1 aromatic heterocycles. The summed E-state index contributed by atoms with van der Waals surface area (Å²) < 4.78 is 0. The number of para-hydroxylation sites is 1. The van der Waals surface area contributed by atoms with Crippen LogP contribution in [0, 0.1) is 0 Å². The Balaban J connectivity index is 2.15. The van der Waals surface area contributed by atoms with Gasteiger partial charge in [-0.1, -0.05) is 18.2 Å². The predicted molar refractivity (Wildman–Crippen MR) is 64.9 cm³/mol. The zero-order valence-corrected chi connectivity index (χ0v) is 9.09. The number of aromatic nitrogens is 2. The summed E-state index contributed by atoms with van der Waals surface area (Å²) in [6, 6.07) is 7.90. The second-order valence-electron chi connectivity index (χ2n) is 3.59. The van der Waals surface area contributed by atoms with Crippen LogP contribution in [0.15, 0.2) is 42.9 Å². The molecule has 0 aliphatic heterocycles. The van der Waals surface area contributed by atoms with Crippen molar-refractivity contribution in [2.24, 2.45) is 0 Å². The van der Waals surface area contributed by atoms with Crippen molar-refractivity contribution in [1.29, 1.82) is 0 Å². The van der Waals surface area contributed by atoms with E-state index in [-0.39, 0.29) is 6.04 Å². The molecule has 1 aromatic carbocycles. The lowest BCUT2D eigenvalue weighted by Gasteiger charge is -2.16. The molecule has 16 heavy (non-hydrogen) atoms. The van der Waals surface area contributed by atoms with E-state index in [1.807, 2.05) is 31.2 Å². The lowest BCUT2D eigenvalue weighted by Crippen LogP contribution is -2.10. The Morgan fingerprint density at radius 2 is 2.06 bits per heavy atom. The Kier molecular flexibility index (Phi) is 3.00. The molecule has 1 unspecified atom stereocenters. The Bertz CT molecular complexity index is 456. The van der Waals surface area contributed by atoms with Crippen molar-refractivity contribution in [3.63, 3.8) is 0 Å². The summed E-state index contributed by atoms with van der Waals surface area (Å²) in [5.74, 6) is 0.748. The van der Waals surface area contributed by atoms with Gasteiger partial charge in [0.1, 0.15) is 5.82 Å². The van der Waals surface area contributed by atoms with Crippen molar-refractivity contribution in [2.75, 3.05) is 11.1 Å². The van der Waals surface area contributed by atoms with Gasteiger partial charge in [0.05, 0.1) is 12.2 Å². The van der Waals surface area contributed by atoms with Gasteiger partial charge < -0.3 is 11.1 Å². The third kappa shape index (κ3) is 2.28. The average molecular weight is 214 g/mol. The minimum absolute atomic E-state index is 0.109. The van der Waals surface area contributed by atoms with Crippen LogP contribution in [0.25, 0.3) is 0 Å². The first-order chi connectivity index (χ1) is 7.77. The summed E-state index contributed by atoms with van der Waals surface area (Å²) >= 11 is 0. The molecule has 1 atom stereocenters. The molecule has 0 fully saturated rings. The van der Waals surface area contributed by atoms with Gasteiger partial charge in [0.15, 0.2) is 0 Å². The maximum absolute atomic E-state index is 5.90. The number of hydrogen-bond acceptors (Lipinski definition) is 4. The molecule has 0 amide bonds. The number of nitrogen functional groups attached to an aromatic ring is 1. The maximum atomic E-state index is 5.90. The molecule has 3 N–H and O–H groups in total. The SMILES string of the molecule is CC(Nc1cnccn1)c1ccccc1N. The minimum Gasteiger partial charge on any atom is -0.398 e. The normalized spacial score (nSPS) is 12.1. The molecule has 0 saturated carbocycles. The maximum Gasteiger partial charge on any atom is 0.144 e. The fourth-order valence-electron chi connectivity index (χ4n) is 1.58. The van der Waals surface area contributed by atoms with Crippen LogP contribution in [0.2, 0.25) is 0 Å². The van der Waals surface area contributed by atoms with Crippen molar-refractivity contribution in [3.8, 4) is 0 Å². The lowest BCUT2D eigenvalue weighted by molar-refractivity contribution is 0.874. The van der Waals surface area contributed by atoms with Crippen LogP contribution in [0.5, 0.6) is 0 Å². The van der Waals surface area contributed by atoms with Gasteiger partial charge in [-0.2, -0.15) is 0 Å². The van der Waals surface area contributed by atoms with E-state index in [2.05, 4.69) is 15.3 Å². The van der Waals surface area contributed by atoms with Gasteiger partial charge >= 0.3 is 0 Å². The average Bonchev–Trinajstić information content (AvgIpc) is 2.31. The number of nitrogens with zero attached hydrogens (tertiary/aromatic N) is 2. The van der Waals surface area contributed by atoms with Gasteiger partial charge in [0, 0.05) is 18.1 Å². The molecule has 0 aliphatic rings. The van der Waals surface area contributed by atoms with Crippen molar-refractivity contribution < 1.29 is 0 Å². The molecule has 0 radical (unpaired) electrons. The monoisotopic (exact) mass is 214 g/mol. The molecule has 2 aromatic rings. The van der Waals surface area contributed by atoms with E-state index in [9.17, 15) is 0 Å². The Morgan fingerprint density at radius 1 is 1.25 bits per heavy atom. The van der Waals surface area contributed by atoms with E-state index in [0.29, 0.717) is 0 Å². The predicted octanol–water partition coefficient (Wildman–Crippen LogP) is 2.23. The van der Waals surface area contributed by atoms with Gasteiger partial charge in [-0.25, -0.2) is 4.98 Å². The van der Waals surface area contributed by atoms with E-state index in [1.54, 1.807) is 18.6 Å². The summed E-state index contributed by atoms with van der Waals surface area (Å²) in [5.41, 5.74) is 7.75. The van der Waals surface area contributed by atoms with Gasteiger partial charge in [-0.15, -0.1) is 0 Å². The third-order valence-electron chi connectivity index (χ3n) is 2.39. The van der Waals surface area contributed by atoms with E-state index in [4.69, 9.17) is 5.73 Å². The fourth-order valence-corrected chi connectivity index (χ4v) is 1.58. The second kappa shape index (κ2) is 4.61. The van der Waals surface area contributed by atoms with Crippen LogP contribution >= 0.6 is 0 Å². The van der Waals surface area contributed by atoms with Gasteiger partial charge in [-0.05, 0) is 18.6 Å². The molecule has 4 heteroatoms. The topological polar surface area (TPSA) is 63.8 Å². The summed E-state index contributed by atoms with van der Waals surface area (Å²) in [5, 5.41) is 3.25. The molecular weight excluding hydrogens is 200 g/mol. The zero-order chi connectivity index (χ0) is 11.4. The summed E-state index contributed by atoms with van der Waals surface area (Å²) in [7, 11) is 0. The van der Waals surface area contributed by atoms with E-state index < -0.39 is 0 Å². The van der Waals surface area contributed by atoms with Crippen molar-refractivity contribution >= 4 is 11.5 Å². The zero-order valence-electron chi connectivity index (χ0n) is 9.09. The lowest BCUT2D eigenvalue weighted by atomic mass is 10.1. The van der Waals surface area contributed by atoms with Crippen LogP contribution in [-0.2, 0) is 0 Å². The second-order valence-corrected chi connectivity index (χ2v) is 3.59. The van der Waals surface area contributed by atoms with Gasteiger partial charge in [0.25, 0.3) is 0 Å². The van der Waals surface area contributed by atoms with E-state index >= 15 is 0 Å². The number of nitrogens with one attached hydrogen (secondary N) is 1. The highest BCUT2D eigenvalue weighted by Gasteiger charge is 2.08. The number of nitrogens with two attached hydrogens (primary N) is 1. The summed E-state index contributed by atoms with van der Waals surface area (Å²) in [6.45, 7) is 2.04. The summed E-state index contributed by atoms with van der Waals surface area (Å²) in [6.07, 6.45) is 4.99. The number of hydrogen-bond donors (Lipinski definition) is 2. The number of rotatable bonds is 3. The molecule has 4 nitrogen and oxygen atoms in total. The van der Waals surface area contributed by atoms with Gasteiger partial charge in [-0.3, -0.25) is 4.98 Å². The molecule has 0 aliphatic carbocycles. The molecule has 0 saturated heterocycles. The molecule has 0 bridgehead atoms. The van der Waals surface area contributed by atoms with Crippen molar-refractivity contribution in [2.45, 2.75) is 13.0 Å².